The summed E-state index contributed by atoms with van der Waals surface area (Å²) in [5.74, 6) is -2.72. The summed E-state index contributed by atoms with van der Waals surface area (Å²) in [6.07, 6.45) is -7.19. The average Bonchev–Trinajstić information content (AvgIpc) is 2.90. The molecule has 0 aromatic heterocycles. The minimum Gasteiger partial charge on any atom is -0.481 e. The van der Waals surface area contributed by atoms with E-state index >= 15 is 0 Å². The zero-order chi connectivity index (χ0) is 32.2. The predicted molar refractivity (Wildman–Crippen MR) is 148 cm³/mol. The van der Waals surface area contributed by atoms with E-state index in [9.17, 15) is 40.7 Å². The largest absolute Gasteiger partial charge is 0.481 e. The summed E-state index contributed by atoms with van der Waals surface area (Å²) in [5, 5.41) is 13.6. The van der Waals surface area contributed by atoms with Gasteiger partial charge in [-0.2, -0.15) is 26.3 Å². The molecule has 2 amide bonds. The Hall–Kier alpha value is -3.57. The average molecular weight is 615 g/mol. The van der Waals surface area contributed by atoms with Gasteiger partial charge in [-0.3, -0.25) is 14.4 Å². The van der Waals surface area contributed by atoms with Gasteiger partial charge < -0.3 is 15.7 Å². The number of benzene rings is 2. The number of carbonyl (C=O) groups is 3. The molecular formula is C31H36F6N2O4. The maximum absolute atomic E-state index is 13.6. The van der Waals surface area contributed by atoms with E-state index in [1.165, 1.54) is 12.1 Å². The molecule has 1 atom stereocenters. The van der Waals surface area contributed by atoms with Gasteiger partial charge in [0.15, 0.2) is 0 Å². The summed E-state index contributed by atoms with van der Waals surface area (Å²) in [5.41, 5.74) is -2.65. The molecule has 0 saturated heterocycles. The molecule has 12 heteroatoms. The van der Waals surface area contributed by atoms with E-state index in [2.05, 4.69) is 31.4 Å². The molecule has 1 aliphatic rings. The van der Waals surface area contributed by atoms with Gasteiger partial charge in [0.1, 0.15) is 0 Å². The number of anilines is 1. The van der Waals surface area contributed by atoms with Gasteiger partial charge in [-0.05, 0) is 85.3 Å². The van der Waals surface area contributed by atoms with Crippen LogP contribution in [-0.2, 0) is 28.4 Å². The van der Waals surface area contributed by atoms with Crippen molar-refractivity contribution in [1.29, 1.82) is 0 Å². The van der Waals surface area contributed by atoms with Crippen LogP contribution in [0, 0.1) is 23.2 Å². The molecule has 3 N–H and O–H groups in total. The fourth-order valence-electron chi connectivity index (χ4n) is 5.55. The Balaban J connectivity index is 1.86. The number of aliphatic carboxylic acids is 1. The van der Waals surface area contributed by atoms with Crippen molar-refractivity contribution in [2.75, 3.05) is 11.9 Å². The first-order valence-electron chi connectivity index (χ1n) is 14.0. The van der Waals surface area contributed by atoms with Crippen LogP contribution in [0.15, 0.2) is 42.5 Å². The van der Waals surface area contributed by atoms with E-state index in [0.29, 0.717) is 36.5 Å². The zero-order valence-electron chi connectivity index (χ0n) is 24.2. The van der Waals surface area contributed by atoms with Gasteiger partial charge in [0, 0.05) is 23.7 Å². The standard InChI is InChI=1S/C31H36F6N2O4/c1-29(2,3)21-10-8-19(9-11-21)25(14-18-4-6-20(7-5-18)27(42)38-13-12-26(40)41)28(43)39-24-16-22(30(32,33)34)15-23(17-24)31(35,36)37/h4-7,15-17,19,21,25H,8-14H2,1-3H3,(H,38,42)(H,39,43)(H,40,41). The molecule has 1 unspecified atom stereocenters. The highest BCUT2D eigenvalue weighted by molar-refractivity contribution is 5.95. The molecule has 2 aromatic carbocycles. The highest BCUT2D eigenvalue weighted by Crippen LogP contribution is 2.43. The predicted octanol–water partition coefficient (Wildman–Crippen LogP) is 7.58. The minimum atomic E-state index is -5.05. The van der Waals surface area contributed by atoms with Crippen LogP contribution >= 0.6 is 0 Å². The number of nitrogens with one attached hydrogen (secondary N) is 2. The molecule has 1 fully saturated rings. The summed E-state index contributed by atoms with van der Waals surface area (Å²) >= 11 is 0. The Labute approximate surface area is 246 Å². The number of hydrogen-bond acceptors (Lipinski definition) is 3. The Kier molecular flexibility index (Phi) is 10.6. The molecule has 0 aliphatic heterocycles. The molecule has 1 saturated carbocycles. The van der Waals surface area contributed by atoms with Crippen LogP contribution < -0.4 is 10.6 Å². The van der Waals surface area contributed by atoms with Crippen molar-refractivity contribution in [1.82, 2.24) is 5.32 Å². The first-order valence-corrected chi connectivity index (χ1v) is 14.0. The molecule has 0 heterocycles. The summed E-state index contributed by atoms with van der Waals surface area (Å²) < 4.78 is 80.4. The number of halogens is 6. The molecular weight excluding hydrogens is 578 g/mol. The van der Waals surface area contributed by atoms with E-state index in [0.717, 1.165) is 12.8 Å². The third-order valence-electron chi connectivity index (χ3n) is 8.05. The van der Waals surface area contributed by atoms with Gasteiger partial charge in [-0.15, -0.1) is 0 Å². The lowest BCUT2D eigenvalue weighted by atomic mass is 9.66. The van der Waals surface area contributed by atoms with Crippen molar-refractivity contribution in [3.63, 3.8) is 0 Å². The summed E-state index contributed by atoms with van der Waals surface area (Å²) in [6.45, 7) is 6.34. The molecule has 0 spiro atoms. The molecule has 0 radical (unpaired) electrons. The van der Waals surface area contributed by atoms with Crippen molar-refractivity contribution in [2.24, 2.45) is 23.2 Å². The molecule has 1 aliphatic carbocycles. The first kappa shape index (κ1) is 33.9. The fraction of sp³-hybridized carbons (Fsp3) is 0.516. The second-order valence-electron chi connectivity index (χ2n) is 12.2. The van der Waals surface area contributed by atoms with Gasteiger partial charge in [-0.25, -0.2) is 0 Å². The van der Waals surface area contributed by atoms with Crippen LogP contribution in [0.1, 0.15) is 79.9 Å². The lowest BCUT2D eigenvalue weighted by Crippen LogP contribution is -2.35. The van der Waals surface area contributed by atoms with Crippen molar-refractivity contribution in [3.8, 4) is 0 Å². The number of carboxylic acid groups (broad SMARTS) is 1. The van der Waals surface area contributed by atoms with Crippen LogP contribution in [0.3, 0.4) is 0 Å². The highest BCUT2D eigenvalue weighted by atomic mass is 19.4. The minimum absolute atomic E-state index is 0.0142. The van der Waals surface area contributed by atoms with E-state index in [-0.39, 0.29) is 42.3 Å². The van der Waals surface area contributed by atoms with Gasteiger partial charge in [0.05, 0.1) is 17.5 Å². The highest BCUT2D eigenvalue weighted by Gasteiger charge is 2.39. The zero-order valence-corrected chi connectivity index (χ0v) is 24.2. The first-order chi connectivity index (χ1) is 19.8. The molecule has 2 aromatic rings. The number of alkyl halides is 6. The van der Waals surface area contributed by atoms with E-state index in [1.54, 1.807) is 12.1 Å². The normalized spacial score (nSPS) is 18.5. The topological polar surface area (TPSA) is 95.5 Å². The van der Waals surface area contributed by atoms with E-state index in [1.807, 2.05) is 0 Å². The molecule has 43 heavy (non-hydrogen) atoms. The van der Waals surface area contributed by atoms with Gasteiger partial charge >= 0.3 is 18.3 Å². The smallest absolute Gasteiger partial charge is 0.416 e. The van der Waals surface area contributed by atoms with Crippen molar-refractivity contribution < 1.29 is 45.8 Å². The van der Waals surface area contributed by atoms with Crippen LogP contribution in [0.25, 0.3) is 0 Å². The SMILES string of the molecule is CC(C)(C)C1CCC(C(Cc2ccc(C(=O)NCCC(=O)O)cc2)C(=O)Nc2cc(C(F)(F)F)cc(C(F)(F)F)c2)CC1. The Bertz CT molecular complexity index is 1260. The van der Waals surface area contributed by atoms with Gasteiger partial charge in [0.25, 0.3) is 5.91 Å². The van der Waals surface area contributed by atoms with E-state index < -0.39 is 52.9 Å². The number of amides is 2. The summed E-state index contributed by atoms with van der Waals surface area (Å²) in [7, 11) is 0. The maximum Gasteiger partial charge on any atom is 0.416 e. The Morgan fingerprint density at radius 3 is 1.86 bits per heavy atom. The lowest BCUT2D eigenvalue weighted by molar-refractivity contribution is -0.143. The van der Waals surface area contributed by atoms with Crippen molar-refractivity contribution >= 4 is 23.5 Å². The third kappa shape index (κ3) is 9.72. The maximum atomic E-state index is 13.6. The van der Waals surface area contributed by atoms with Crippen LogP contribution in [0.2, 0.25) is 0 Å². The van der Waals surface area contributed by atoms with Crippen molar-refractivity contribution in [3.05, 3.63) is 64.7 Å². The van der Waals surface area contributed by atoms with Gasteiger partial charge in [0.2, 0.25) is 5.91 Å². The third-order valence-corrected chi connectivity index (χ3v) is 8.05. The lowest BCUT2D eigenvalue weighted by Gasteiger charge is -2.39. The van der Waals surface area contributed by atoms with Crippen molar-refractivity contribution in [2.45, 2.75) is 71.6 Å². The number of hydrogen-bond donors (Lipinski definition) is 3. The van der Waals surface area contributed by atoms with Crippen LogP contribution in [0.5, 0.6) is 0 Å². The second kappa shape index (κ2) is 13.4. The van der Waals surface area contributed by atoms with Crippen LogP contribution in [0.4, 0.5) is 32.0 Å². The van der Waals surface area contributed by atoms with E-state index in [4.69, 9.17) is 5.11 Å². The van der Waals surface area contributed by atoms with Gasteiger partial charge in [-0.1, -0.05) is 32.9 Å². The fourth-order valence-corrected chi connectivity index (χ4v) is 5.55. The monoisotopic (exact) mass is 614 g/mol. The number of carbonyl (C=O) groups excluding carboxylic acids is 2. The molecule has 6 nitrogen and oxygen atoms in total. The quantitative estimate of drug-likeness (QED) is 0.254. The summed E-state index contributed by atoms with van der Waals surface area (Å²) in [4.78, 5) is 36.5. The molecule has 236 valence electrons. The number of carboxylic acids is 1. The molecule has 3 rings (SSSR count). The Morgan fingerprint density at radius 1 is 0.860 bits per heavy atom. The second-order valence-corrected chi connectivity index (χ2v) is 12.2. The van der Waals surface area contributed by atoms with Crippen LogP contribution in [-0.4, -0.2) is 29.4 Å². The Morgan fingerprint density at radius 2 is 1.40 bits per heavy atom. The summed E-state index contributed by atoms with van der Waals surface area (Å²) in [6, 6.07) is 7.29. The molecule has 0 bridgehead atoms. The number of rotatable bonds is 9.